The van der Waals surface area contributed by atoms with Crippen molar-refractivity contribution in [1.82, 2.24) is 0 Å². The first-order valence-electron chi connectivity index (χ1n) is 2.19. The molecule has 0 fully saturated rings. The Morgan fingerprint density at radius 3 is 2.00 bits per heavy atom. The van der Waals surface area contributed by atoms with E-state index in [1.807, 2.05) is 0 Å². The van der Waals surface area contributed by atoms with Gasteiger partial charge in [0.05, 0.1) is 0 Å². The molecule has 0 unspecified atom stereocenters. The minimum Gasteiger partial charge on any atom is -0.0654 e. The van der Waals surface area contributed by atoms with E-state index >= 15 is 0 Å². The maximum absolute atomic E-state index is 2.18. The van der Waals surface area contributed by atoms with Crippen LogP contribution in [-0.4, -0.2) is 0 Å². The molecule has 0 aliphatic heterocycles. The predicted molar refractivity (Wildman–Crippen MR) is 24.9 cm³/mol. The Labute approximate surface area is 54.6 Å². The van der Waals surface area contributed by atoms with Gasteiger partial charge in [-0.1, -0.05) is 26.7 Å². The first-order valence-corrected chi connectivity index (χ1v) is 2.19. The van der Waals surface area contributed by atoms with Gasteiger partial charge in [-0.25, -0.2) is 0 Å². The van der Waals surface area contributed by atoms with Gasteiger partial charge in [-0.05, 0) is 6.42 Å². The average molecular weight is 266 g/mol. The van der Waals surface area contributed by atoms with Gasteiger partial charge in [-0.15, -0.1) is 0 Å². The summed E-state index contributed by atoms with van der Waals surface area (Å²) in [6, 6.07) is 0. The zero-order valence-electron chi connectivity index (χ0n) is 4.31. The quantitative estimate of drug-likeness (QED) is 0.717. The van der Waals surface area contributed by atoms with Crippen molar-refractivity contribution in [3.63, 3.8) is 0 Å². The van der Waals surface area contributed by atoms with E-state index in [1.165, 1.54) is 12.8 Å². The Morgan fingerprint density at radius 2 is 2.00 bits per heavy atom. The molecule has 0 N–H and O–H groups in total. The first kappa shape index (κ1) is 9.85. The summed E-state index contributed by atoms with van der Waals surface area (Å²) in [5, 5.41) is 0. The monoisotopic (exact) mass is 266 g/mol. The molecule has 0 rings (SSSR count). The smallest absolute Gasteiger partial charge is 0 e. The molecule has 1 heteroatoms. The van der Waals surface area contributed by atoms with E-state index < -0.39 is 0 Å². The van der Waals surface area contributed by atoms with Crippen molar-refractivity contribution in [3.05, 3.63) is 6.42 Å². The SMILES string of the molecule is C[CH]CCC.[Pt]. The summed E-state index contributed by atoms with van der Waals surface area (Å²) in [6.07, 6.45) is 4.73. The second-order valence-corrected chi connectivity index (χ2v) is 1.20. The van der Waals surface area contributed by atoms with Crippen molar-refractivity contribution >= 4 is 0 Å². The third kappa shape index (κ3) is 8.82. The molecule has 0 saturated heterocycles. The summed E-state index contributed by atoms with van der Waals surface area (Å²) < 4.78 is 0. The fourth-order valence-corrected chi connectivity index (χ4v) is 0.289. The molecule has 0 aliphatic rings. The van der Waals surface area contributed by atoms with Crippen molar-refractivity contribution in [3.8, 4) is 0 Å². The molecule has 0 spiro atoms. The summed E-state index contributed by atoms with van der Waals surface area (Å²) in [4.78, 5) is 0. The maximum Gasteiger partial charge on any atom is 0 e. The molecule has 0 aromatic rings. The van der Waals surface area contributed by atoms with Gasteiger partial charge in [-0.3, -0.25) is 0 Å². The topological polar surface area (TPSA) is 0 Å². The molecular formula is C5H11Pt. The van der Waals surface area contributed by atoms with Crippen LogP contribution in [0.4, 0.5) is 0 Å². The van der Waals surface area contributed by atoms with Crippen LogP contribution >= 0.6 is 0 Å². The van der Waals surface area contributed by atoms with Gasteiger partial charge >= 0.3 is 0 Å². The van der Waals surface area contributed by atoms with E-state index in [1.54, 1.807) is 0 Å². The van der Waals surface area contributed by atoms with Crippen molar-refractivity contribution in [1.29, 1.82) is 0 Å². The fraction of sp³-hybridized carbons (Fsp3) is 0.800. The van der Waals surface area contributed by atoms with Gasteiger partial charge < -0.3 is 0 Å². The molecule has 0 amide bonds. The molecule has 1 radical (unpaired) electrons. The van der Waals surface area contributed by atoms with Crippen molar-refractivity contribution in [2.45, 2.75) is 26.7 Å². The Balaban J connectivity index is 0. The second kappa shape index (κ2) is 9.19. The van der Waals surface area contributed by atoms with Gasteiger partial charge in [0.2, 0.25) is 0 Å². The van der Waals surface area contributed by atoms with E-state index in [-0.39, 0.29) is 21.1 Å². The predicted octanol–water partition coefficient (Wildman–Crippen LogP) is 2.01. The molecule has 41 valence electrons. The van der Waals surface area contributed by atoms with Crippen LogP contribution in [0.25, 0.3) is 0 Å². The van der Waals surface area contributed by atoms with Gasteiger partial charge in [0.25, 0.3) is 0 Å². The molecule has 0 nitrogen and oxygen atoms in total. The largest absolute Gasteiger partial charge is 0.0654 e. The molecule has 0 atom stereocenters. The molecule has 0 aliphatic carbocycles. The van der Waals surface area contributed by atoms with Crippen LogP contribution in [0.3, 0.4) is 0 Å². The Kier molecular flexibility index (Phi) is 15.1. The normalized spacial score (nSPS) is 7.00. The number of unbranched alkanes of at least 4 members (excludes halogenated alkanes) is 2. The first-order chi connectivity index (χ1) is 2.41. The van der Waals surface area contributed by atoms with Gasteiger partial charge in [0.1, 0.15) is 0 Å². The van der Waals surface area contributed by atoms with Crippen molar-refractivity contribution in [2.75, 3.05) is 0 Å². The minimum absolute atomic E-state index is 0. The summed E-state index contributed by atoms with van der Waals surface area (Å²) in [6.45, 7) is 4.27. The van der Waals surface area contributed by atoms with Crippen LogP contribution in [0.15, 0.2) is 0 Å². The van der Waals surface area contributed by atoms with E-state index in [2.05, 4.69) is 20.3 Å². The third-order valence-corrected chi connectivity index (χ3v) is 0.577. The van der Waals surface area contributed by atoms with Crippen LogP contribution in [0.2, 0.25) is 0 Å². The molecule has 0 aromatic heterocycles. The van der Waals surface area contributed by atoms with Gasteiger partial charge in [-0.2, -0.15) is 0 Å². The standard InChI is InChI=1S/C5H11.Pt/c1-3-5-4-2;/h3H,4-5H2,1-2H3;. The summed E-state index contributed by atoms with van der Waals surface area (Å²) >= 11 is 0. The number of hydrogen-bond acceptors (Lipinski definition) is 0. The van der Waals surface area contributed by atoms with Crippen LogP contribution in [0, 0.1) is 6.42 Å². The molecule has 6 heavy (non-hydrogen) atoms. The van der Waals surface area contributed by atoms with E-state index in [4.69, 9.17) is 0 Å². The Hall–Kier alpha value is 0.688. The fourth-order valence-electron chi connectivity index (χ4n) is 0.289. The van der Waals surface area contributed by atoms with Crippen LogP contribution in [-0.2, 0) is 21.1 Å². The summed E-state index contributed by atoms with van der Waals surface area (Å²) in [5.74, 6) is 0. The maximum atomic E-state index is 2.18. The van der Waals surface area contributed by atoms with Crippen molar-refractivity contribution < 1.29 is 21.1 Å². The molecular weight excluding hydrogens is 255 g/mol. The summed E-state index contributed by atoms with van der Waals surface area (Å²) in [5.41, 5.74) is 0. The van der Waals surface area contributed by atoms with Crippen LogP contribution in [0.1, 0.15) is 26.7 Å². The summed E-state index contributed by atoms with van der Waals surface area (Å²) in [7, 11) is 0. The zero-order chi connectivity index (χ0) is 4.12. The van der Waals surface area contributed by atoms with Crippen LogP contribution in [0.5, 0.6) is 0 Å². The minimum atomic E-state index is 0. The molecule has 0 bridgehead atoms. The van der Waals surface area contributed by atoms with Crippen LogP contribution < -0.4 is 0 Å². The number of rotatable bonds is 2. The second-order valence-electron chi connectivity index (χ2n) is 1.20. The average Bonchev–Trinajstić information content (AvgIpc) is 1.41. The van der Waals surface area contributed by atoms with E-state index in [0.29, 0.717) is 0 Å². The third-order valence-electron chi connectivity index (χ3n) is 0.577. The number of hydrogen-bond donors (Lipinski definition) is 0. The Bertz CT molecular complexity index is 11.4. The molecule has 0 heterocycles. The Morgan fingerprint density at radius 1 is 1.50 bits per heavy atom. The van der Waals surface area contributed by atoms with Gasteiger partial charge in [0, 0.05) is 21.1 Å². The van der Waals surface area contributed by atoms with E-state index in [9.17, 15) is 0 Å². The van der Waals surface area contributed by atoms with Crippen molar-refractivity contribution in [2.24, 2.45) is 0 Å². The molecule has 0 saturated carbocycles. The molecule has 0 aromatic carbocycles. The van der Waals surface area contributed by atoms with E-state index in [0.717, 1.165) is 0 Å². The zero-order valence-corrected chi connectivity index (χ0v) is 6.58. The van der Waals surface area contributed by atoms with Gasteiger partial charge in [0.15, 0.2) is 0 Å².